The maximum Gasteiger partial charge on any atom is 0.335 e. The number of ether oxygens (including phenoxy) is 2. The van der Waals surface area contributed by atoms with Gasteiger partial charge in [-0.25, -0.2) is 4.79 Å². The summed E-state index contributed by atoms with van der Waals surface area (Å²) in [5.41, 5.74) is 3.06. The Labute approximate surface area is 214 Å². The highest BCUT2D eigenvalue weighted by atomic mass is 16.5. The zero-order valence-electron chi connectivity index (χ0n) is 21.9. The lowest BCUT2D eigenvalue weighted by Crippen LogP contribution is -2.52. The van der Waals surface area contributed by atoms with E-state index in [1.165, 1.54) is 31.2 Å². The third-order valence-electron chi connectivity index (χ3n) is 10.9. The van der Waals surface area contributed by atoms with Crippen LogP contribution in [0.1, 0.15) is 76.7 Å². The summed E-state index contributed by atoms with van der Waals surface area (Å²) < 4.78 is 16.7. The zero-order chi connectivity index (χ0) is 24.9. The molecule has 4 fully saturated rings. The number of fused-ring (bicyclic) bond motifs is 5. The Kier molecular flexibility index (Phi) is 6.40. The highest BCUT2D eigenvalue weighted by Crippen LogP contribution is 2.67. The van der Waals surface area contributed by atoms with Gasteiger partial charge in [-0.05, 0) is 97.5 Å². The third-order valence-corrected chi connectivity index (χ3v) is 10.9. The van der Waals surface area contributed by atoms with Crippen LogP contribution in [0, 0.1) is 28.6 Å². The molecule has 0 unspecified atom stereocenters. The fraction of sp³-hybridized carbons (Fsp3) is 0.733. The molecule has 6 rings (SSSR count). The van der Waals surface area contributed by atoms with Gasteiger partial charge in [-0.3, -0.25) is 9.69 Å². The van der Waals surface area contributed by atoms with E-state index in [0.717, 1.165) is 38.8 Å². The summed E-state index contributed by atoms with van der Waals surface area (Å²) in [4.78, 5) is 26.3. The molecule has 3 saturated carbocycles. The van der Waals surface area contributed by atoms with Gasteiger partial charge in [0.05, 0.1) is 26.0 Å². The minimum absolute atomic E-state index is 0.0634. The number of carbonyl (C=O) groups is 1. The van der Waals surface area contributed by atoms with Crippen LogP contribution < -0.4 is 5.63 Å². The summed E-state index contributed by atoms with van der Waals surface area (Å²) in [5.74, 6) is 2.36. The van der Waals surface area contributed by atoms with Crippen LogP contribution in [0.4, 0.5) is 0 Å². The number of hydrogen-bond donors (Lipinski definition) is 0. The maximum absolute atomic E-state index is 12.6. The number of morpholine rings is 1. The van der Waals surface area contributed by atoms with E-state index in [4.69, 9.17) is 13.9 Å². The first kappa shape index (κ1) is 24.4. The molecule has 7 atom stereocenters. The van der Waals surface area contributed by atoms with Crippen molar-refractivity contribution in [2.75, 3.05) is 32.8 Å². The number of rotatable bonds is 4. The number of allylic oxidation sites excluding steroid dienone is 2. The van der Waals surface area contributed by atoms with Gasteiger partial charge in [0.1, 0.15) is 6.10 Å². The van der Waals surface area contributed by atoms with Gasteiger partial charge in [0.25, 0.3) is 0 Å². The number of nitrogens with zero attached hydrogens (tertiary/aromatic N) is 1. The van der Waals surface area contributed by atoms with Gasteiger partial charge in [0.15, 0.2) is 0 Å². The van der Waals surface area contributed by atoms with Crippen LogP contribution in [0.2, 0.25) is 0 Å². The van der Waals surface area contributed by atoms with E-state index in [9.17, 15) is 9.59 Å². The van der Waals surface area contributed by atoms with Gasteiger partial charge in [0.2, 0.25) is 0 Å². The predicted molar refractivity (Wildman–Crippen MR) is 137 cm³/mol. The Morgan fingerprint density at radius 1 is 1.11 bits per heavy atom. The largest absolute Gasteiger partial charge is 0.461 e. The van der Waals surface area contributed by atoms with Crippen molar-refractivity contribution in [2.45, 2.75) is 77.2 Å². The fourth-order valence-electron chi connectivity index (χ4n) is 8.89. The van der Waals surface area contributed by atoms with Gasteiger partial charge in [0, 0.05) is 19.2 Å². The molecule has 0 radical (unpaired) electrons. The van der Waals surface area contributed by atoms with Crippen LogP contribution in [0.3, 0.4) is 0 Å². The standard InChI is InChI=1S/C30H41NO5/c1-29-11-9-22(36-28(33)18-31-13-15-34-16-14-31)17-21(29)4-5-23-25-7-6-24(20-3-8-27(32)35-19-20)30(25,2)12-10-26(23)29/h3,7-8,19,21-24,26H,4-6,9-18H2,1-2H3/t21-,22+,23+,24-,26+,29+,30-/m1/s1. The van der Waals surface area contributed by atoms with Crippen molar-refractivity contribution in [3.8, 4) is 0 Å². The van der Waals surface area contributed by atoms with E-state index < -0.39 is 0 Å². The average molecular weight is 496 g/mol. The van der Waals surface area contributed by atoms with Crippen LogP contribution in [-0.2, 0) is 14.3 Å². The summed E-state index contributed by atoms with van der Waals surface area (Å²) in [5, 5.41) is 0. The minimum Gasteiger partial charge on any atom is -0.461 e. The normalized spacial score (nSPS) is 40.5. The lowest BCUT2D eigenvalue weighted by molar-refractivity contribution is -0.159. The van der Waals surface area contributed by atoms with E-state index in [1.54, 1.807) is 17.9 Å². The molecule has 36 heavy (non-hydrogen) atoms. The second kappa shape index (κ2) is 9.43. The van der Waals surface area contributed by atoms with Crippen molar-refractivity contribution < 1.29 is 18.7 Å². The SMILES string of the molecule is C[C@]12CC[C@H](OC(=O)CN3CCOCC3)C[C@H]1CC[C@H]1C3=CC[C@H](c4ccc(=O)oc4)[C@@]3(C)CC[C@@H]12. The highest BCUT2D eigenvalue weighted by Gasteiger charge is 2.58. The quantitative estimate of drug-likeness (QED) is 0.436. The molecule has 0 spiro atoms. The lowest BCUT2D eigenvalue weighted by Gasteiger charge is -2.59. The average Bonchev–Trinajstić information content (AvgIpc) is 3.22. The summed E-state index contributed by atoms with van der Waals surface area (Å²) in [6, 6.07) is 3.55. The summed E-state index contributed by atoms with van der Waals surface area (Å²) in [6.07, 6.45) is 13.5. The summed E-state index contributed by atoms with van der Waals surface area (Å²) in [7, 11) is 0. The van der Waals surface area contributed by atoms with Crippen molar-refractivity contribution in [3.05, 3.63) is 46.0 Å². The van der Waals surface area contributed by atoms with Crippen LogP contribution in [-0.4, -0.2) is 49.8 Å². The van der Waals surface area contributed by atoms with Crippen molar-refractivity contribution in [2.24, 2.45) is 28.6 Å². The summed E-state index contributed by atoms with van der Waals surface area (Å²) >= 11 is 0. The topological polar surface area (TPSA) is 69.0 Å². The second-order valence-electron chi connectivity index (χ2n) is 12.6. The van der Waals surface area contributed by atoms with Gasteiger partial charge in [-0.1, -0.05) is 25.5 Å². The monoisotopic (exact) mass is 495 g/mol. The molecule has 1 aromatic heterocycles. The second-order valence-corrected chi connectivity index (χ2v) is 12.6. The summed E-state index contributed by atoms with van der Waals surface area (Å²) in [6.45, 7) is 8.44. The van der Waals surface area contributed by atoms with Crippen LogP contribution in [0.5, 0.6) is 0 Å². The van der Waals surface area contributed by atoms with Gasteiger partial charge in [-0.2, -0.15) is 0 Å². The van der Waals surface area contributed by atoms with E-state index in [0.29, 0.717) is 48.8 Å². The minimum atomic E-state index is -0.271. The van der Waals surface area contributed by atoms with E-state index >= 15 is 0 Å². The molecular weight excluding hydrogens is 454 g/mol. The molecule has 1 aromatic rings. The molecule has 5 aliphatic rings. The molecule has 2 heterocycles. The van der Waals surface area contributed by atoms with Crippen molar-refractivity contribution in [3.63, 3.8) is 0 Å². The Morgan fingerprint density at radius 2 is 1.94 bits per heavy atom. The molecular formula is C30H41NO5. The van der Waals surface area contributed by atoms with E-state index in [1.807, 2.05) is 6.07 Å². The van der Waals surface area contributed by atoms with E-state index in [-0.39, 0.29) is 23.1 Å². The third kappa shape index (κ3) is 4.18. The highest BCUT2D eigenvalue weighted by molar-refractivity contribution is 5.71. The number of esters is 1. The molecule has 196 valence electrons. The Bertz CT molecular complexity index is 1050. The molecule has 1 saturated heterocycles. The fourth-order valence-corrected chi connectivity index (χ4v) is 8.89. The Hall–Kier alpha value is -1.92. The molecule has 1 aliphatic heterocycles. The molecule has 6 nitrogen and oxygen atoms in total. The molecule has 0 N–H and O–H groups in total. The number of carbonyl (C=O) groups excluding carboxylic acids is 1. The molecule has 6 heteroatoms. The van der Waals surface area contributed by atoms with Crippen molar-refractivity contribution >= 4 is 5.97 Å². The first-order valence-electron chi connectivity index (χ1n) is 14.2. The smallest absolute Gasteiger partial charge is 0.335 e. The van der Waals surface area contributed by atoms with Gasteiger partial charge >= 0.3 is 11.6 Å². The van der Waals surface area contributed by atoms with E-state index in [2.05, 4.69) is 24.8 Å². The van der Waals surface area contributed by atoms with Crippen LogP contribution >= 0.6 is 0 Å². The van der Waals surface area contributed by atoms with Crippen LogP contribution in [0.25, 0.3) is 0 Å². The molecule has 0 aromatic carbocycles. The van der Waals surface area contributed by atoms with Crippen molar-refractivity contribution in [1.29, 1.82) is 0 Å². The first-order valence-corrected chi connectivity index (χ1v) is 14.2. The van der Waals surface area contributed by atoms with Crippen LogP contribution in [0.15, 0.2) is 39.3 Å². The van der Waals surface area contributed by atoms with Gasteiger partial charge in [-0.15, -0.1) is 0 Å². The lowest BCUT2D eigenvalue weighted by atomic mass is 9.46. The number of hydrogen-bond acceptors (Lipinski definition) is 6. The molecule has 0 bridgehead atoms. The predicted octanol–water partition coefficient (Wildman–Crippen LogP) is 4.93. The maximum atomic E-state index is 12.6. The van der Waals surface area contributed by atoms with Gasteiger partial charge < -0.3 is 13.9 Å². The molecule has 4 aliphatic carbocycles. The van der Waals surface area contributed by atoms with Crippen molar-refractivity contribution in [1.82, 2.24) is 4.90 Å². The Morgan fingerprint density at radius 3 is 2.72 bits per heavy atom. The Balaban J connectivity index is 1.11. The first-order chi connectivity index (χ1) is 17.4. The molecule has 0 amide bonds. The zero-order valence-corrected chi connectivity index (χ0v) is 21.9.